The van der Waals surface area contributed by atoms with Crippen LogP contribution in [0.2, 0.25) is 0 Å². The van der Waals surface area contributed by atoms with Gasteiger partial charge in [-0.1, -0.05) is 31.0 Å². The van der Waals surface area contributed by atoms with Gasteiger partial charge in [-0.25, -0.2) is 4.79 Å². The molecule has 3 rings (SSSR count). The van der Waals surface area contributed by atoms with Gasteiger partial charge in [0.05, 0.1) is 12.6 Å². The van der Waals surface area contributed by atoms with Crippen LogP contribution in [0.15, 0.2) is 29.0 Å². The molecule has 7 heteroatoms. The van der Waals surface area contributed by atoms with Crippen LogP contribution in [0.3, 0.4) is 0 Å². The molecule has 0 aliphatic heterocycles. The first-order valence-electron chi connectivity index (χ1n) is 8.92. The second-order valence-corrected chi connectivity index (χ2v) is 6.54. The van der Waals surface area contributed by atoms with Gasteiger partial charge >= 0.3 is 6.03 Å². The minimum atomic E-state index is -0.150. The maximum atomic E-state index is 12.6. The van der Waals surface area contributed by atoms with Gasteiger partial charge in [0.2, 0.25) is 5.89 Å². The lowest BCUT2D eigenvalue weighted by molar-refractivity contribution is 0.185. The van der Waals surface area contributed by atoms with Crippen molar-refractivity contribution in [2.75, 3.05) is 7.05 Å². The fourth-order valence-corrected chi connectivity index (χ4v) is 2.81. The van der Waals surface area contributed by atoms with Gasteiger partial charge in [0.25, 0.3) is 0 Å². The molecule has 1 aliphatic carbocycles. The molecule has 0 spiro atoms. The highest BCUT2D eigenvalue weighted by atomic mass is 16.5. The van der Waals surface area contributed by atoms with Crippen molar-refractivity contribution >= 4 is 6.03 Å². The Morgan fingerprint density at radius 1 is 1.48 bits per heavy atom. The van der Waals surface area contributed by atoms with E-state index in [2.05, 4.69) is 27.4 Å². The van der Waals surface area contributed by atoms with Gasteiger partial charge in [0.1, 0.15) is 0 Å². The largest absolute Gasteiger partial charge is 0.339 e. The first-order valence-corrected chi connectivity index (χ1v) is 8.92. The zero-order valence-corrected chi connectivity index (χ0v) is 14.8. The van der Waals surface area contributed by atoms with Crippen LogP contribution in [0.5, 0.6) is 0 Å². The molecule has 2 amide bonds. The van der Waals surface area contributed by atoms with Gasteiger partial charge in [-0.15, -0.1) is 0 Å². The van der Waals surface area contributed by atoms with Crippen LogP contribution in [0, 0.1) is 0 Å². The van der Waals surface area contributed by atoms with E-state index in [9.17, 15) is 4.79 Å². The first kappa shape index (κ1) is 17.4. The number of unbranched alkanes of at least 4 members (excludes halogenated alkanes) is 1. The molecular weight excluding hydrogens is 318 g/mol. The maximum absolute atomic E-state index is 12.6. The second kappa shape index (κ2) is 8.09. The highest BCUT2D eigenvalue weighted by Crippen LogP contribution is 2.38. The van der Waals surface area contributed by atoms with E-state index < -0.39 is 0 Å². The number of rotatable bonds is 8. The maximum Gasteiger partial charge on any atom is 0.318 e. The van der Waals surface area contributed by atoms with Crippen LogP contribution in [0.25, 0.3) is 0 Å². The van der Waals surface area contributed by atoms with E-state index in [1.54, 1.807) is 11.1 Å². The summed E-state index contributed by atoms with van der Waals surface area (Å²) in [7, 11) is 1.81. The molecule has 2 aromatic rings. The Kier molecular flexibility index (Phi) is 5.63. The fraction of sp³-hybridized carbons (Fsp3) is 0.556. The van der Waals surface area contributed by atoms with E-state index in [4.69, 9.17) is 4.52 Å². The predicted molar refractivity (Wildman–Crippen MR) is 92.8 cm³/mol. The van der Waals surface area contributed by atoms with E-state index in [1.807, 2.05) is 25.4 Å². The van der Waals surface area contributed by atoms with Crippen LogP contribution in [0.4, 0.5) is 4.79 Å². The Morgan fingerprint density at radius 3 is 3.00 bits per heavy atom. The number of nitrogens with zero attached hydrogens (tertiary/aromatic N) is 4. The Labute approximate surface area is 147 Å². The lowest BCUT2D eigenvalue weighted by Gasteiger charge is -2.28. The summed E-state index contributed by atoms with van der Waals surface area (Å²) >= 11 is 0. The standard InChI is InChI=1S/C18H25N5O2/c1-3-4-7-15(14-6-5-10-19-11-14)23(2)18(24)20-12-16-21-17(25-22-16)13-8-9-13/h5-6,10-11,13,15H,3-4,7-9,12H2,1-2H3,(H,20,24). The molecule has 1 unspecified atom stereocenters. The quantitative estimate of drug-likeness (QED) is 0.794. The lowest BCUT2D eigenvalue weighted by Crippen LogP contribution is -2.39. The number of nitrogens with one attached hydrogen (secondary N) is 1. The van der Waals surface area contributed by atoms with Crippen molar-refractivity contribution in [3.63, 3.8) is 0 Å². The van der Waals surface area contributed by atoms with Crippen molar-refractivity contribution in [1.82, 2.24) is 25.3 Å². The molecule has 25 heavy (non-hydrogen) atoms. The molecule has 0 bridgehead atoms. The number of hydrogen-bond acceptors (Lipinski definition) is 5. The summed E-state index contributed by atoms with van der Waals surface area (Å²) in [4.78, 5) is 22.8. The minimum Gasteiger partial charge on any atom is -0.339 e. The van der Waals surface area contributed by atoms with Crippen molar-refractivity contribution in [3.05, 3.63) is 41.8 Å². The minimum absolute atomic E-state index is 0.000873. The number of urea groups is 1. The monoisotopic (exact) mass is 343 g/mol. The third-order valence-electron chi connectivity index (χ3n) is 4.50. The molecule has 1 aliphatic rings. The van der Waals surface area contributed by atoms with Crippen molar-refractivity contribution in [3.8, 4) is 0 Å². The van der Waals surface area contributed by atoms with Gasteiger partial charge in [-0.05, 0) is 30.9 Å². The van der Waals surface area contributed by atoms with Gasteiger partial charge < -0.3 is 14.7 Å². The fourth-order valence-electron chi connectivity index (χ4n) is 2.81. The van der Waals surface area contributed by atoms with Crippen molar-refractivity contribution in [2.24, 2.45) is 0 Å². The number of hydrogen-bond donors (Lipinski definition) is 1. The van der Waals surface area contributed by atoms with E-state index in [0.29, 0.717) is 17.6 Å². The highest BCUT2D eigenvalue weighted by molar-refractivity contribution is 5.74. The van der Waals surface area contributed by atoms with Gasteiger partial charge in [0, 0.05) is 25.4 Å². The first-order chi connectivity index (χ1) is 12.2. The van der Waals surface area contributed by atoms with E-state index >= 15 is 0 Å². The lowest BCUT2D eigenvalue weighted by atomic mass is 10.0. The van der Waals surface area contributed by atoms with Crippen LogP contribution >= 0.6 is 0 Å². The van der Waals surface area contributed by atoms with Crippen LogP contribution in [-0.2, 0) is 6.54 Å². The zero-order valence-electron chi connectivity index (χ0n) is 14.8. The summed E-state index contributed by atoms with van der Waals surface area (Å²) in [5.74, 6) is 1.63. The third-order valence-corrected chi connectivity index (χ3v) is 4.50. The number of carbonyl (C=O) groups is 1. The predicted octanol–water partition coefficient (Wildman–Crippen LogP) is 3.41. The van der Waals surface area contributed by atoms with Crippen LogP contribution in [-0.4, -0.2) is 33.1 Å². The van der Waals surface area contributed by atoms with Gasteiger partial charge in [-0.3, -0.25) is 4.98 Å². The molecule has 1 atom stereocenters. The zero-order chi connectivity index (χ0) is 17.6. The Morgan fingerprint density at radius 2 is 2.32 bits per heavy atom. The summed E-state index contributed by atoms with van der Waals surface area (Å²) in [6, 6.07) is 3.76. The third kappa shape index (κ3) is 4.55. The topological polar surface area (TPSA) is 84.2 Å². The smallest absolute Gasteiger partial charge is 0.318 e. The molecule has 0 saturated heterocycles. The van der Waals surface area contributed by atoms with E-state index in [-0.39, 0.29) is 18.6 Å². The molecule has 2 heterocycles. The summed E-state index contributed by atoms with van der Waals surface area (Å²) < 4.78 is 5.22. The normalized spacial score (nSPS) is 15.0. The molecule has 0 radical (unpaired) electrons. The van der Waals surface area contributed by atoms with E-state index in [1.165, 1.54) is 0 Å². The van der Waals surface area contributed by atoms with Crippen LogP contribution < -0.4 is 5.32 Å². The average Bonchev–Trinajstić information content (AvgIpc) is 3.39. The highest BCUT2D eigenvalue weighted by Gasteiger charge is 2.29. The summed E-state index contributed by atoms with van der Waals surface area (Å²) in [6.45, 7) is 2.42. The number of aromatic nitrogens is 3. The summed E-state index contributed by atoms with van der Waals surface area (Å²) in [5, 5.41) is 6.81. The SMILES string of the molecule is CCCCC(c1cccnc1)N(C)C(=O)NCc1noc(C2CC2)n1. The van der Waals surface area contributed by atoms with Crippen molar-refractivity contribution in [2.45, 2.75) is 57.5 Å². The molecule has 2 aromatic heterocycles. The van der Waals surface area contributed by atoms with Crippen molar-refractivity contribution in [1.29, 1.82) is 0 Å². The molecule has 0 aromatic carbocycles. The number of pyridine rings is 1. The molecular formula is C18H25N5O2. The number of carbonyl (C=O) groups excluding carboxylic acids is 1. The Bertz CT molecular complexity index is 684. The Balaban J connectivity index is 1.59. The van der Waals surface area contributed by atoms with E-state index in [0.717, 1.165) is 37.7 Å². The number of amides is 2. The molecule has 1 saturated carbocycles. The van der Waals surface area contributed by atoms with Gasteiger partial charge in [0.15, 0.2) is 5.82 Å². The second-order valence-electron chi connectivity index (χ2n) is 6.54. The summed E-state index contributed by atoms with van der Waals surface area (Å²) in [6.07, 6.45) is 8.83. The Hall–Kier alpha value is -2.44. The molecule has 1 fully saturated rings. The van der Waals surface area contributed by atoms with Crippen molar-refractivity contribution < 1.29 is 9.32 Å². The molecule has 1 N–H and O–H groups in total. The summed E-state index contributed by atoms with van der Waals surface area (Å²) in [5.41, 5.74) is 1.05. The van der Waals surface area contributed by atoms with Gasteiger partial charge in [-0.2, -0.15) is 4.98 Å². The molecule has 134 valence electrons. The van der Waals surface area contributed by atoms with Crippen LogP contribution in [0.1, 0.15) is 68.3 Å². The molecule has 7 nitrogen and oxygen atoms in total. The average molecular weight is 343 g/mol.